The quantitative estimate of drug-likeness (QED) is 0.252. The summed E-state index contributed by atoms with van der Waals surface area (Å²) in [7, 11) is 1.19. The highest BCUT2D eigenvalue weighted by Crippen LogP contribution is 2.53. The lowest BCUT2D eigenvalue weighted by Gasteiger charge is -2.40. The number of amides is 2. The number of fused-ring (bicyclic) bond motifs is 1. The Morgan fingerprint density at radius 2 is 1.74 bits per heavy atom. The maximum Gasteiger partial charge on any atom is 0.471 e. The highest BCUT2D eigenvalue weighted by atomic mass is 32.2. The first-order valence-corrected chi connectivity index (χ1v) is 19.0. The number of ether oxygens (including phenoxy) is 3. The third-order valence-electron chi connectivity index (χ3n) is 10.6. The summed E-state index contributed by atoms with van der Waals surface area (Å²) in [6, 6.07) is 6.91. The molecule has 3 aromatic rings. The van der Waals surface area contributed by atoms with Crippen LogP contribution >= 0.6 is 11.8 Å². The first-order chi connectivity index (χ1) is 25.0. The molecule has 2 N–H and O–H groups in total. The number of aromatic amines is 1. The van der Waals surface area contributed by atoms with Gasteiger partial charge in [-0.25, -0.2) is 4.98 Å². The van der Waals surface area contributed by atoms with Crippen LogP contribution in [-0.2, 0) is 16.1 Å². The third kappa shape index (κ3) is 7.87. The molecule has 1 saturated carbocycles. The van der Waals surface area contributed by atoms with Gasteiger partial charge in [0.05, 0.1) is 12.2 Å². The first kappa shape index (κ1) is 38.5. The van der Waals surface area contributed by atoms with E-state index in [1.165, 1.54) is 18.8 Å². The maximum atomic E-state index is 13.9. The zero-order chi connectivity index (χ0) is 38.4. The Bertz CT molecular complexity index is 1920. The number of aromatic nitrogens is 2. The second-order valence-corrected chi connectivity index (χ2v) is 15.3. The van der Waals surface area contributed by atoms with Crippen LogP contribution in [0, 0.1) is 19.8 Å². The number of benzene rings is 1. The minimum absolute atomic E-state index is 0.00667. The molecule has 0 spiro atoms. The van der Waals surface area contributed by atoms with Gasteiger partial charge in [-0.15, -0.1) is 11.8 Å². The molecule has 1 aliphatic carbocycles. The second-order valence-electron chi connectivity index (χ2n) is 14.5. The molecule has 3 aliphatic rings. The Labute approximate surface area is 311 Å². The van der Waals surface area contributed by atoms with E-state index in [4.69, 9.17) is 19.2 Å². The first-order valence-electron chi connectivity index (χ1n) is 17.8. The average Bonchev–Trinajstić information content (AvgIpc) is 3.48. The summed E-state index contributed by atoms with van der Waals surface area (Å²) >= 11 is 1.42. The van der Waals surface area contributed by atoms with Gasteiger partial charge in [0.15, 0.2) is 11.5 Å². The number of halogens is 3. The number of pyridine rings is 2. The number of morpholine rings is 1. The smallest absolute Gasteiger partial charge is 0.448 e. The van der Waals surface area contributed by atoms with Crippen molar-refractivity contribution < 1.29 is 37.0 Å². The van der Waals surface area contributed by atoms with E-state index in [9.17, 15) is 27.6 Å². The molecule has 1 unspecified atom stereocenters. The van der Waals surface area contributed by atoms with E-state index >= 15 is 0 Å². The van der Waals surface area contributed by atoms with E-state index in [0.717, 1.165) is 21.3 Å². The summed E-state index contributed by atoms with van der Waals surface area (Å²) in [6.07, 6.45) is 0.389. The van der Waals surface area contributed by atoms with Crippen LogP contribution in [0.2, 0.25) is 0 Å². The van der Waals surface area contributed by atoms with Crippen LogP contribution in [0.15, 0.2) is 40.2 Å². The fraction of sp³-hybridized carbons (Fsp3) is 0.526. The van der Waals surface area contributed by atoms with Gasteiger partial charge in [0.25, 0.3) is 17.3 Å². The summed E-state index contributed by atoms with van der Waals surface area (Å²) < 4.78 is 58.7. The number of H-pyrrole nitrogens is 1. The van der Waals surface area contributed by atoms with Crippen LogP contribution in [0.3, 0.4) is 0 Å². The lowest BCUT2D eigenvalue weighted by molar-refractivity contribution is -0.187. The van der Waals surface area contributed by atoms with Crippen molar-refractivity contribution in [3.63, 3.8) is 0 Å². The number of alkyl halides is 3. The predicted molar refractivity (Wildman–Crippen MR) is 196 cm³/mol. The normalized spacial score (nSPS) is 24.2. The summed E-state index contributed by atoms with van der Waals surface area (Å²) in [6.45, 7) is 10.8. The summed E-state index contributed by atoms with van der Waals surface area (Å²) in [5, 5.41) is 2.93. The van der Waals surface area contributed by atoms with E-state index in [1.807, 2.05) is 38.3 Å². The molecule has 2 aliphatic heterocycles. The van der Waals surface area contributed by atoms with Gasteiger partial charge in [0.2, 0.25) is 0 Å². The minimum atomic E-state index is -4.94. The van der Waals surface area contributed by atoms with Crippen LogP contribution in [-0.4, -0.2) is 83.3 Å². The number of nitrogens with zero attached hydrogens (tertiary/aromatic N) is 3. The van der Waals surface area contributed by atoms with Crippen LogP contribution < -0.4 is 25.2 Å². The lowest BCUT2D eigenvalue weighted by atomic mass is 9.81. The zero-order valence-electron chi connectivity index (χ0n) is 31.0. The van der Waals surface area contributed by atoms with Crippen molar-refractivity contribution in [2.45, 2.75) is 102 Å². The Morgan fingerprint density at radius 3 is 2.34 bits per heavy atom. The molecule has 1 saturated heterocycles. The average molecular weight is 758 g/mol. The topological polar surface area (TPSA) is 126 Å². The number of thioether (sulfide) groups is 1. The van der Waals surface area contributed by atoms with Crippen LogP contribution in [0.5, 0.6) is 11.5 Å². The molecule has 1 aromatic carbocycles. The zero-order valence-corrected chi connectivity index (χ0v) is 31.8. The number of nitrogens with one attached hydrogen (secondary N) is 2. The van der Waals surface area contributed by atoms with Crippen molar-refractivity contribution in [3.8, 4) is 22.6 Å². The van der Waals surface area contributed by atoms with Crippen LogP contribution in [0.25, 0.3) is 11.1 Å². The number of hydrogen-bond donors (Lipinski definition) is 2. The van der Waals surface area contributed by atoms with Gasteiger partial charge < -0.3 is 34.3 Å². The van der Waals surface area contributed by atoms with Crippen molar-refractivity contribution in [2.24, 2.45) is 5.92 Å². The van der Waals surface area contributed by atoms with E-state index in [0.29, 0.717) is 78.1 Å². The minimum Gasteiger partial charge on any atom is -0.448 e. The number of carbonyl (C=O) groups excluding carboxylic acids is 2. The Hall–Kier alpha value is -4.24. The molecule has 0 radical (unpaired) electrons. The summed E-state index contributed by atoms with van der Waals surface area (Å²) in [5.74, 6) is -2.05. The van der Waals surface area contributed by atoms with Crippen LogP contribution in [0.4, 0.5) is 19.0 Å². The van der Waals surface area contributed by atoms with E-state index in [1.54, 1.807) is 33.0 Å². The predicted octanol–water partition coefficient (Wildman–Crippen LogP) is 6.39. The highest BCUT2D eigenvalue weighted by Gasteiger charge is 2.49. The van der Waals surface area contributed by atoms with Crippen molar-refractivity contribution in [1.29, 1.82) is 0 Å². The molecule has 2 fully saturated rings. The van der Waals surface area contributed by atoms with Gasteiger partial charge in [0.1, 0.15) is 5.82 Å². The van der Waals surface area contributed by atoms with E-state index in [2.05, 4.69) is 15.2 Å². The third-order valence-corrected chi connectivity index (χ3v) is 11.4. The van der Waals surface area contributed by atoms with Gasteiger partial charge >= 0.3 is 12.1 Å². The van der Waals surface area contributed by atoms with E-state index < -0.39 is 29.8 Å². The fourth-order valence-corrected chi connectivity index (χ4v) is 8.46. The lowest BCUT2D eigenvalue weighted by Crippen LogP contribution is -2.49. The van der Waals surface area contributed by atoms with Gasteiger partial charge in [0, 0.05) is 90.2 Å². The fourth-order valence-electron chi connectivity index (χ4n) is 7.75. The largest absolute Gasteiger partial charge is 0.471 e. The molecule has 53 heavy (non-hydrogen) atoms. The summed E-state index contributed by atoms with van der Waals surface area (Å²) in [5.41, 5.74) is 3.05. The second kappa shape index (κ2) is 14.9. The molecule has 286 valence electrons. The molecule has 15 heteroatoms. The molecule has 4 heterocycles. The van der Waals surface area contributed by atoms with Gasteiger partial charge in [-0.2, -0.15) is 13.2 Å². The standard InChI is InChI=1S/C38H46F3N5O6S/c1-20-14-30(53-7)29(35(48)44-20)17-43-34(47)27-15-28(24-8-13-31(42-16-24)46-18-21(2)50-22(3)19-46)33-32(23(27)4)51-37(5,52-33)25-9-11-26(12-10-25)45(6)36(49)38(39,40)41/h8,13-16,21-22,25-26H,9-12,17-19H2,1-7H3,(H,43,47)(H,44,48)/t21-,22+,25-,26-,37?. The van der Waals surface area contributed by atoms with Crippen LogP contribution in [0.1, 0.15) is 73.6 Å². The number of carbonyl (C=O) groups is 2. The van der Waals surface area contributed by atoms with Crippen molar-refractivity contribution in [3.05, 3.63) is 63.2 Å². The summed E-state index contributed by atoms with van der Waals surface area (Å²) in [4.78, 5) is 50.0. The van der Waals surface area contributed by atoms with Crippen molar-refractivity contribution >= 4 is 29.4 Å². The number of anilines is 1. The molecule has 0 bridgehead atoms. The molecule has 2 aromatic heterocycles. The Kier molecular flexibility index (Phi) is 10.8. The molecular formula is C38H46F3N5O6S. The van der Waals surface area contributed by atoms with Crippen molar-refractivity contribution in [1.82, 2.24) is 20.2 Å². The maximum absolute atomic E-state index is 13.9. The molecule has 11 nitrogen and oxygen atoms in total. The monoisotopic (exact) mass is 757 g/mol. The Morgan fingerprint density at radius 1 is 1.08 bits per heavy atom. The van der Waals surface area contributed by atoms with Gasteiger partial charge in [-0.3, -0.25) is 14.4 Å². The Balaban J connectivity index is 1.30. The molecule has 6 rings (SSSR count). The molecule has 2 amide bonds. The molecule has 3 atom stereocenters. The SMILES string of the molecule is CSc1cc(C)[nH]c(=O)c1CNC(=O)c1cc(-c2ccc(N3C[C@@H](C)O[C@@H](C)C3)nc2)c2c(c1C)OC(C)([C@H]1CC[C@H](N(C)C(=O)C(F)(F)F)CC1)O2. The van der Waals surface area contributed by atoms with Crippen molar-refractivity contribution in [2.75, 3.05) is 31.3 Å². The van der Waals surface area contributed by atoms with Gasteiger partial charge in [-0.1, -0.05) is 0 Å². The number of rotatable bonds is 8. The highest BCUT2D eigenvalue weighted by molar-refractivity contribution is 7.98. The number of hydrogen-bond acceptors (Lipinski definition) is 9. The van der Waals surface area contributed by atoms with Gasteiger partial charge in [-0.05, 0) is 83.9 Å². The number of aryl methyl sites for hydroxylation is 1. The van der Waals surface area contributed by atoms with E-state index in [-0.39, 0.29) is 30.2 Å². The molecular weight excluding hydrogens is 712 g/mol.